The molecule has 0 aliphatic heterocycles. The molecular formula is C11H15NO2. The van der Waals surface area contributed by atoms with Crippen molar-refractivity contribution < 1.29 is 9.47 Å². The summed E-state index contributed by atoms with van der Waals surface area (Å²) in [6, 6.07) is 3.71. The minimum Gasteiger partial charge on any atom is -0.496 e. The first-order chi connectivity index (χ1) is 6.76. The summed E-state index contributed by atoms with van der Waals surface area (Å²) in [6.45, 7) is 0. The predicted molar refractivity (Wildman–Crippen MR) is 55.9 cm³/mol. The molecule has 1 fully saturated rings. The Morgan fingerprint density at radius 2 is 1.64 bits per heavy atom. The van der Waals surface area contributed by atoms with Gasteiger partial charge >= 0.3 is 0 Å². The smallest absolute Gasteiger partial charge is 0.128 e. The third-order valence-corrected chi connectivity index (χ3v) is 2.55. The van der Waals surface area contributed by atoms with Crippen molar-refractivity contribution in [1.29, 1.82) is 0 Å². The van der Waals surface area contributed by atoms with E-state index in [9.17, 15) is 0 Å². The van der Waals surface area contributed by atoms with E-state index >= 15 is 0 Å². The highest BCUT2D eigenvalue weighted by Gasteiger charge is 2.30. The Hall–Kier alpha value is -1.38. The number of methoxy groups -OCH3 is 2. The van der Waals surface area contributed by atoms with Crippen LogP contribution in [0.5, 0.6) is 11.5 Å². The molecule has 0 saturated heterocycles. The Morgan fingerprint density at radius 3 is 2.00 bits per heavy atom. The van der Waals surface area contributed by atoms with Crippen molar-refractivity contribution >= 4 is 5.69 Å². The maximum absolute atomic E-state index is 5.74. The summed E-state index contributed by atoms with van der Waals surface area (Å²) in [4.78, 5) is 0. The fraction of sp³-hybridized carbons (Fsp3) is 0.455. The van der Waals surface area contributed by atoms with Crippen molar-refractivity contribution in [3.8, 4) is 11.5 Å². The van der Waals surface area contributed by atoms with Crippen molar-refractivity contribution in [3.05, 3.63) is 17.7 Å². The fourth-order valence-corrected chi connectivity index (χ4v) is 1.73. The van der Waals surface area contributed by atoms with Gasteiger partial charge in [-0.05, 0) is 18.8 Å². The van der Waals surface area contributed by atoms with Crippen LogP contribution in [0.15, 0.2) is 12.1 Å². The van der Waals surface area contributed by atoms with Gasteiger partial charge in [-0.15, -0.1) is 0 Å². The van der Waals surface area contributed by atoms with E-state index in [-0.39, 0.29) is 0 Å². The summed E-state index contributed by atoms with van der Waals surface area (Å²) < 4.78 is 10.6. The Morgan fingerprint density at radius 1 is 1.14 bits per heavy atom. The number of rotatable bonds is 3. The minimum absolute atomic E-state index is 0.598. The normalized spacial score (nSPS) is 15.3. The highest BCUT2D eigenvalue weighted by Crippen LogP contribution is 2.49. The zero-order valence-electron chi connectivity index (χ0n) is 8.54. The Balaban J connectivity index is 2.50. The van der Waals surface area contributed by atoms with Crippen molar-refractivity contribution in [2.75, 3.05) is 20.0 Å². The molecule has 1 aliphatic carbocycles. The van der Waals surface area contributed by atoms with Gasteiger partial charge in [-0.1, -0.05) is 0 Å². The molecule has 2 rings (SSSR count). The van der Waals surface area contributed by atoms with E-state index in [2.05, 4.69) is 0 Å². The van der Waals surface area contributed by atoms with Crippen LogP contribution in [-0.4, -0.2) is 14.2 Å². The summed E-state index contributed by atoms with van der Waals surface area (Å²) in [5.41, 5.74) is 7.59. The monoisotopic (exact) mass is 193 g/mol. The number of hydrogen-bond donors (Lipinski definition) is 1. The third-order valence-electron chi connectivity index (χ3n) is 2.55. The first kappa shape index (κ1) is 9.19. The number of benzene rings is 1. The fourth-order valence-electron chi connectivity index (χ4n) is 1.73. The van der Waals surface area contributed by atoms with E-state index in [1.54, 1.807) is 14.2 Å². The molecule has 1 aromatic rings. The van der Waals surface area contributed by atoms with Gasteiger partial charge in [-0.2, -0.15) is 0 Å². The zero-order valence-corrected chi connectivity index (χ0v) is 8.54. The van der Waals surface area contributed by atoms with Gasteiger partial charge in [-0.3, -0.25) is 0 Å². The number of nitrogen functional groups attached to an aromatic ring is 1. The van der Waals surface area contributed by atoms with Crippen LogP contribution in [0.2, 0.25) is 0 Å². The largest absolute Gasteiger partial charge is 0.496 e. The summed E-state index contributed by atoms with van der Waals surface area (Å²) in [6.07, 6.45) is 2.44. The van der Waals surface area contributed by atoms with Gasteiger partial charge in [0.2, 0.25) is 0 Å². The van der Waals surface area contributed by atoms with Gasteiger partial charge in [0, 0.05) is 23.4 Å². The van der Waals surface area contributed by atoms with Gasteiger partial charge in [0.15, 0.2) is 0 Å². The standard InChI is InChI=1S/C11H15NO2/c1-13-9-5-8(12)6-10(14-2)11(9)7-3-4-7/h5-7H,3-4,12H2,1-2H3. The second-order valence-corrected chi connectivity index (χ2v) is 3.61. The van der Waals surface area contributed by atoms with Gasteiger partial charge in [0.05, 0.1) is 14.2 Å². The summed E-state index contributed by atoms with van der Waals surface area (Å²) in [5, 5.41) is 0. The molecule has 76 valence electrons. The number of ether oxygens (including phenoxy) is 2. The second-order valence-electron chi connectivity index (χ2n) is 3.61. The summed E-state index contributed by atoms with van der Waals surface area (Å²) >= 11 is 0. The molecule has 14 heavy (non-hydrogen) atoms. The number of anilines is 1. The molecule has 3 nitrogen and oxygen atoms in total. The number of nitrogens with two attached hydrogens (primary N) is 1. The third kappa shape index (κ3) is 1.50. The molecule has 0 radical (unpaired) electrons. The molecule has 0 amide bonds. The predicted octanol–water partition coefficient (Wildman–Crippen LogP) is 2.16. The topological polar surface area (TPSA) is 44.5 Å². The lowest BCUT2D eigenvalue weighted by Gasteiger charge is -2.13. The van der Waals surface area contributed by atoms with Crippen LogP contribution in [0.1, 0.15) is 24.3 Å². The average Bonchev–Trinajstić information content (AvgIpc) is 2.99. The van der Waals surface area contributed by atoms with Crippen molar-refractivity contribution in [2.24, 2.45) is 0 Å². The molecular weight excluding hydrogens is 178 g/mol. The van der Waals surface area contributed by atoms with Gasteiger partial charge < -0.3 is 15.2 Å². The Kier molecular flexibility index (Phi) is 2.23. The lowest BCUT2D eigenvalue weighted by Crippen LogP contribution is -1.97. The highest BCUT2D eigenvalue weighted by atomic mass is 16.5. The molecule has 0 atom stereocenters. The maximum Gasteiger partial charge on any atom is 0.128 e. The minimum atomic E-state index is 0.598. The van der Waals surface area contributed by atoms with Crippen LogP contribution < -0.4 is 15.2 Å². The zero-order chi connectivity index (χ0) is 10.1. The van der Waals surface area contributed by atoms with Gasteiger partial charge in [0.1, 0.15) is 11.5 Å². The van der Waals surface area contributed by atoms with Crippen molar-refractivity contribution in [2.45, 2.75) is 18.8 Å². The molecule has 2 N–H and O–H groups in total. The molecule has 0 bridgehead atoms. The van der Waals surface area contributed by atoms with E-state index in [0.29, 0.717) is 11.6 Å². The van der Waals surface area contributed by atoms with Crippen molar-refractivity contribution in [3.63, 3.8) is 0 Å². The molecule has 1 saturated carbocycles. The summed E-state index contributed by atoms with van der Waals surface area (Å²) in [5.74, 6) is 2.30. The molecule has 0 spiro atoms. The second kappa shape index (κ2) is 3.40. The quantitative estimate of drug-likeness (QED) is 0.748. The van der Waals surface area contributed by atoms with Crippen LogP contribution in [0.4, 0.5) is 5.69 Å². The summed E-state index contributed by atoms with van der Waals surface area (Å²) in [7, 11) is 3.33. The lowest BCUT2D eigenvalue weighted by molar-refractivity contribution is 0.386. The SMILES string of the molecule is COc1cc(N)cc(OC)c1C1CC1. The van der Waals surface area contributed by atoms with E-state index < -0.39 is 0 Å². The van der Waals surface area contributed by atoms with Crippen molar-refractivity contribution in [1.82, 2.24) is 0 Å². The lowest BCUT2D eigenvalue weighted by atomic mass is 10.1. The van der Waals surface area contributed by atoms with Crippen LogP contribution in [-0.2, 0) is 0 Å². The van der Waals surface area contributed by atoms with Gasteiger partial charge in [-0.25, -0.2) is 0 Å². The van der Waals surface area contributed by atoms with Crippen LogP contribution in [0, 0.1) is 0 Å². The van der Waals surface area contributed by atoms with Crippen LogP contribution in [0.3, 0.4) is 0 Å². The van der Waals surface area contributed by atoms with E-state index in [4.69, 9.17) is 15.2 Å². The van der Waals surface area contributed by atoms with E-state index in [1.807, 2.05) is 12.1 Å². The molecule has 3 heteroatoms. The van der Waals surface area contributed by atoms with E-state index in [0.717, 1.165) is 11.5 Å². The van der Waals surface area contributed by atoms with E-state index in [1.165, 1.54) is 18.4 Å². The molecule has 1 aromatic carbocycles. The average molecular weight is 193 g/mol. The first-order valence-corrected chi connectivity index (χ1v) is 4.77. The Bertz CT molecular complexity index is 320. The molecule has 0 heterocycles. The molecule has 1 aliphatic rings. The van der Waals surface area contributed by atoms with Gasteiger partial charge in [0.25, 0.3) is 0 Å². The molecule has 0 unspecified atom stereocenters. The van der Waals surface area contributed by atoms with Crippen LogP contribution in [0.25, 0.3) is 0 Å². The maximum atomic E-state index is 5.74. The molecule has 0 aromatic heterocycles. The van der Waals surface area contributed by atoms with Crippen LogP contribution >= 0.6 is 0 Å². The number of hydrogen-bond acceptors (Lipinski definition) is 3. The Labute approximate surface area is 83.8 Å². The highest BCUT2D eigenvalue weighted by molar-refractivity contribution is 5.58. The first-order valence-electron chi connectivity index (χ1n) is 4.77.